The van der Waals surface area contributed by atoms with E-state index in [1.165, 1.54) is 0 Å². The predicted octanol–water partition coefficient (Wildman–Crippen LogP) is 1.76. The van der Waals surface area contributed by atoms with Crippen molar-refractivity contribution in [2.75, 3.05) is 0 Å². The molecule has 0 fully saturated rings. The monoisotopic (exact) mass is 246 g/mol. The molecule has 0 amide bonds. The van der Waals surface area contributed by atoms with Crippen molar-refractivity contribution in [3.63, 3.8) is 0 Å². The molecule has 0 aliphatic carbocycles. The van der Waals surface area contributed by atoms with E-state index in [1.54, 1.807) is 0 Å². The standard InChI is InChI=1S/C15H10N4/c1-9-11-7-13-14(8-12(11)19-18-9)17-15(16-13)10-5-3-2-4-6-10/h2-8H,1H3. The highest BCUT2D eigenvalue weighted by atomic mass is 15.2. The summed E-state index contributed by atoms with van der Waals surface area (Å²) in [4.78, 5) is 9.15. The first kappa shape index (κ1) is 10.3. The third-order valence-corrected chi connectivity index (χ3v) is 3.28. The van der Waals surface area contributed by atoms with Gasteiger partial charge in [0, 0.05) is 11.1 Å². The highest BCUT2D eigenvalue weighted by Crippen LogP contribution is 2.15. The second kappa shape index (κ2) is 3.68. The number of rotatable bonds is 1. The van der Waals surface area contributed by atoms with Crippen LogP contribution in [0.4, 0.5) is 5.69 Å². The maximum atomic E-state index is 4.59. The van der Waals surface area contributed by atoms with E-state index in [9.17, 15) is 0 Å². The molecule has 4 heteroatoms. The molecule has 2 aromatic rings. The summed E-state index contributed by atoms with van der Waals surface area (Å²) >= 11 is 0. The van der Waals surface area contributed by atoms with Crippen LogP contribution in [0.2, 0.25) is 0 Å². The fourth-order valence-electron chi connectivity index (χ4n) is 2.27. The van der Waals surface area contributed by atoms with Gasteiger partial charge in [0.1, 0.15) is 0 Å². The summed E-state index contributed by atoms with van der Waals surface area (Å²) in [6.45, 7) is 1.95. The molecule has 2 aliphatic rings. The van der Waals surface area contributed by atoms with Gasteiger partial charge in [0.15, 0.2) is 5.84 Å². The van der Waals surface area contributed by atoms with E-state index in [0.29, 0.717) is 0 Å². The normalized spacial score (nSPS) is 15.0. The lowest BCUT2D eigenvalue weighted by molar-refractivity contribution is 1.17. The Balaban J connectivity index is 1.89. The first-order valence-electron chi connectivity index (χ1n) is 6.11. The van der Waals surface area contributed by atoms with Gasteiger partial charge in [-0.05, 0) is 19.1 Å². The third-order valence-electron chi connectivity index (χ3n) is 3.28. The zero-order valence-electron chi connectivity index (χ0n) is 10.3. The van der Waals surface area contributed by atoms with Gasteiger partial charge in [0.05, 0.1) is 22.1 Å². The van der Waals surface area contributed by atoms with Crippen LogP contribution < -0.4 is 10.7 Å². The Morgan fingerprint density at radius 3 is 2.53 bits per heavy atom. The lowest BCUT2D eigenvalue weighted by atomic mass is 10.1. The second-order valence-corrected chi connectivity index (χ2v) is 4.56. The quantitative estimate of drug-likeness (QED) is 0.736. The lowest BCUT2D eigenvalue weighted by Crippen LogP contribution is -2.14. The summed E-state index contributed by atoms with van der Waals surface area (Å²) in [5.41, 5.74) is 3.88. The number of amidine groups is 1. The Hall–Kier alpha value is -2.62. The fraction of sp³-hybridized carbons (Fsp3) is 0.0667. The molecule has 0 N–H and O–H groups in total. The van der Waals surface area contributed by atoms with Crippen LogP contribution in [0.1, 0.15) is 18.1 Å². The molecule has 0 unspecified atom stereocenters. The van der Waals surface area contributed by atoms with E-state index in [-0.39, 0.29) is 0 Å². The molecule has 0 saturated carbocycles. The molecule has 4 nitrogen and oxygen atoms in total. The third kappa shape index (κ3) is 1.53. The van der Waals surface area contributed by atoms with Crippen molar-refractivity contribution in [1.82, 2.24) is 0 Å². The van der Waals surface area contributed by atoms with Gasteiger partial charge < -0.3 is 0 Å². The van der Waals surface area contributed by atoms with Crippen molar-refractivity contribution >= 4 is 17.2 Å². The summed E-state index contributed by atoms with van der Waals surface area (Å²) in [5, 5.41) is 9.98. The molecule has 4 rings (SSSR count). The average Bonchev–Trinajstić information content (AvgIpc) is 3.02. The molecule has 2 aliphatic heterocycles. The number of fused-ring (bicyclic) bond motifs is 2. The molecular formula is C15H10N4. The van der Waals surface area contributed by atoms with Gasteiger partial charge >= 0.3 is 0 Å². The Morgan fingerprint density at radius 2 is 1.68 bits per heavy atom. The molecule has 0 saturated heterocycles. The summed E-state index contributed by atoms with van der Waals surface area (Å²) < 4.78 is 0. The highest BCUT2D eigenvalue weighted by molar-refractivity contribution is 6.03. The van der Waals surface area contributed by atoms with Crippen LogP contribution in [0, 0.1) is 0 Å². The van der Waals surface area contributed by atoms with Crippen molar-refractivity contribution in [3.05, 3.63) is 64.3 Å². The molecule has 0 spiro atoms. The second-order valence-electron chi connectivity index (χ2n) is 4.56. The maximum Gasteiger partial charge on any atom is 0.160 e. The van der Waals surface area contributed by atoms with Crippen LogP contribution in [-0.4, -0.2) is 11.5 Å². The van der Waals surface area contributed by atoms with E-state index in [2.05, 4.69) is 20.2 Å². The minimum Gasteiger partial charge on any atom is -0.226 e. The minimum absolute atomic E-state index is 0.758. The molecule has 0 bridgehead atoms. The number of aliphatic imine (C=N–C) groups is 1. The Bertz CT molecular complexity index is 861. The molecule has 0 radical (unpaired) electrons. The van der Waals surface area contributed by atoms with Crippen molar-refractivity contribution in [3.8, 4) is 0 Å². The first-order valence-corrected chi connectivity index (χ1v) is 6.11. The topological polar surface area (TPSA) is 49.4 Å². The van der Waals surface area contributed by atoms with Crippen LogP contribution in [0.25, 0.3) is 0 Å². The molecule has 0 aromatic heterocycles. The molecule has 0 atom stereocenters. The van der Waals surface area contributed by atoms with Gasteiger partial charge in [-0.2, -0.15) is 10.2 Å². The first-order chi connectivity index (χ1) is 9.31. The zero-order valence-corrected chi connectivity index (χ0v) is 10.3. The van der Waals surface area contributed by atoms with Crippen molar-refractivity contribution in [2.24, 2.45) is 20.2 Å². The number of nitrogens with zero attached hydrogens (tertiary/aromatic N) is 4. The van der Waals surface area contributed by atoms with Crippen molar-refractivity contribution in [2.45, 2.75) is 6.92 Å². The predicted molar refractivity (Wildman–Crippen MR) is 73.6 cm³/mol. The summed E-state index contributed by atoms with van der Waals surface area (Å²) in [5.74, 6) is 0.758. The summed E-state index contributed by atoms with van der Waals surface area (Å²) in [7, 11) is 0. The van der Waals surface area contributed by atoms with Gasteiger partial charge in [-0.15, -0.1) is 0 Å². The van der Waals surface area contributed by atoms with Crippen LogP contribution in [0.15, 0.2) is 62.7 Å². The molecule has 19 heavy (non-hydrogen) atoms. The van der Waals surface area contributed by atoms with E-state index < -0.39 is 0 Å². The van der Waals surface area contributed by atoms with Gasteiger partial charge in [0.25, 0.3) is 0 Å². The number of hydrogen-bond donors (Lipinski definition) is 0. The summed E-state index contributed by atoms with van der Waals surface area (Å²) in [6, 6.07) is 14.0. The number of benzene rings is 2. The van der Waals surface area contributed by atoms with Crippen LogP contribution in [0.3, 0.4) is 0 Å². The molecule has 2 aromatic carbocycles. The smallest absolute Gasteiger partial charge is 0.160 e. The molecular weight excluding hydrogens is 236 g/mol. The van der Waals surface area contributed by atoms with Crippen LogP contribution >= 0.6 is 0 Å². The van der Waals surface area contributed by atoms with E-state index in [1.807, 2.05) is 49.4 Å². The Morgan fingerprint density at radius 1 is 0.842 bits per heavy atom. The average molecular weight is 246 g/mol. The Kier molecular flexibility index (Phi) is 2.00. The Labute approximate surface area is 109 Å². The van der Waals surface area contributed by atoms with Gasteiger partial charge in [0.2, 0.25) is 0 Å². The zero-order chi connectivity index (χ0) is 12.8. The fourth-order valence-corrected chi connectivity index (χ4v) is 2.27. The van der Waals surface area contributed by atoms with Gasteiger partial charge in [-0.3, -0.25) is 0 Å². The lowest BCUT2D eigenvalue weighted by Gasteiger charge is -1.94. The van der Waals surface area contributed by atoms with E-state index in [4.69, 9.17) is 0 Å². The van der Waals surface area contributed by atoms with Crippen LogP contribution in [-0.2, 0) is 0 Å². The van der Waals surface area contributed by atoms with Gasteiger partial charge in [-0.1, -0.05) is 30.3 Å². The van der Waals surface area contributed by atoms with Crippen molar-refractivity contribution in [1.29, 1.82) is 0 Å². The largest absolute Gasteiger partial charge is 0.226 e. The van der Waals surface area contributed by atoms with Crippen molar-refractivity contribution < 1.29 is 0 Å². The molecule has 2 heterocycles. The SMILES string of the molecule is CC1=NN=c2cc3c(cc21)=NC(c1ccccc1)=N3. The molecule has 90 valence electrons. The van der Waals surface area contributed by atoms with Crippen LogP contribution in [0.5, 0.6) is 0 Å². The maximum absolute atomic E-state index is 4.59. The summed E-state index contributed by atoms with van der Waals surface area (Å²) in [6.07, 6.45) is 0. The minimum atomic E-state index is 0.758. The highest BCUT2D eigenvalue weighted by Gasteiger charge is 2.15. The van der Waals surface area contributed by atoms with Gasteiger partial charge in [-0.25, -0.2) is 9.98 Å². The number of hydrogen-bond acceptors (Lipinski definition) is 4. The van der Waals surface area contributed by atoms with E-state index in [0.717, 1.165) is 39.1 Å². The van der Waals surface area contributed by atoms with E-state index >= 15 is 0 Å².